The zero-order valence-corrected chi connectivity index (χ0v) is 12.3. The van der Waals surface area contributed by atoms with Gasteiger partial charge in [-0.25, -0.2) is 0 Å². The molecule has 0 atom stereocenters. The molecule has 0 aliphatic rings. The summed E-state index contributed by atoms with van der Waals surface area (Å²) in [5.41, 5.74) is 1.32. The zero-order valence-electron chi connectivity index (χ0n) is 11.5. The Hall–Kier alpha value is -2.27. The summed E-state index contributed by atoms with van der Waals surface area (Å²) in [6.07, 6.45) is 0. The minimum atomic E-state index is -0.390. The number of aromatic nitrogens is 2. The SMILES string of the molecule is Cc1nsc(N=Nc2c(C(C)(C)C)noc2O)c1C#N. The highest BCUT2D eigenvalue weighted by Crippen LogP contribution is 2.39. The second kappa shape index (κ2) is 5.02. The van der Waals surface area contributed by atoms with Crippen molar-refractivity contribution < 1.29 is 9.63 Å². The van der Waals surface area contributed by atoms with E-state index in [1.807, 2.05) is 26.8 Å². The predicted octanol–water partition coefficient (Wildman–Crippen LogP) is 3.73. The lowest BCUT2D eigenvalue weighted by Gasteiger charge is -2.13. The van der Waals surface area contributed by atoms with Crippen molar-refractivity contribution in [1.29, 1.82) is 5.26 Å². The molecule has 0 aromatic carbocycles. The van der Waals surface area contributed by atoms with E-state index in [0.717, 1.165) is 11.5 Å². The van der Waals surface area contributed by atoms with Crippen LogP contribution in [0.5, 0.6) is 5.95 Å². The first kappa shape index (κ1) is 14.1. The first-order valence-electron chi connectivity index (χ1n) is 5.82. The van der Waals surface area contributed by atoms with Crippen molar-refractivity contribution in [3.8, 4) is 12.0 Å². The number of nitrogens with zero attached hydrogens (tertiary/aromatic N) is 5. The molecule has 0 unspecified atom stereocenters. The van der Waals surface area contributed by atoms with E-state index in [0.29, 0.717) is 22.0 Å². The first-order chi connectivity index (χ1) is 9.34. The monoisotopic (exact) mass is 291 g/mol. The van der Waals surface area contributed by atoms with E-state index in [9.17, 15) is 5.11 Å². The van der Waals surface area contributed by atoms with Gasteiger partial charge in [0, 0.05) is 5.41 Å². The van der Waals surface area contributed by atoms with Crippen LogP contribution in [0.4, 0.5) is 10.7 Å². The lowest BCUT2D eigenvalue weighted by atomic mass is 9.91. The van der Waals surface area contributed by atoms with Gasteiger partial charge in [0.15, 0.2) is 10.7 Å². The zero-order chi connectivity index (χ0) is 14.9. The Kier molecular flexibility index (Phi) is 3.55. The lowest BCUT2D eigenvalue weighted by molar-refractivity contribution is 0.273. The largest absolute Gasteiger partial charge is 0.478 e. The molecule has 104 valence electrons. The second-order valence-corrected chi connectivity index (χ2v) is 5.95. The van der Waals surface area contributed by atoms with Crippen molar-refractivity contribution >= 4 is 22.2 Å². The topological polar surface area (TPSA) is 108 Å². The van der Waals surface area contributed by atoms with Crippen molar-refractivity contribution in [2.45, 2.75) is 33.1 Å². The van der Waals surface area contributed by atoms with Crippen LogP contribution < -0.4 is 0 Å². The van der Waals surface area contributed by atoms with Crippen molar-refractivity contribution in [3.63, 3.8) is 0 Å². The van der Waals surface area contributed by atoms with Gasteiger partial charge in [-0.2, -0.15) is 9.64 Å². The number of aryl methyl sites for hydroxylation is 1. The molecular weight excluding hydrogens is 278 g/mol. The van der Waals surface area contributed by atoms with Crippen molar-refractivity contribution in [3.05, 3.63) is 17.0 Å². The van der Waals surface area contributed by atoms with Gasteiger partial charge in [-0.15, -0.1) is 10.2 Å². The van der Waals surface area contributed by atoms with Crippen LogP contribution in [0.2, 0.25) is 0 Å². The van der Waals surface area contributed by atoms with E-state index in [4.69, 9.17) is 9.78 Å². The average molecular weight is 291 g/mol. The Morgan fingerprint density at radius 3 is 2.65 bits per heavy atom. The lowest BCUT2D eigenvalue weighted by Crippen LogP contribution is -2.11. The van der Waals surface area contributed by atoms with Crippen molar-refractivity contribution in [2.24, 2.45) is 10.2 Å². The summed E-state index contributed by atoms with van der Waals surface area (Å²) in [7, 11) is 0. The molecule has 0 saturated carbocycles. The molecule has 0 radical (unpaired) electrons. The van der Waals surface area contributed by atoms with Crippen molar-refractivity contribution in [1.82, 2.24) is 9.53 Å². The van der Waals surface area contributed by atoms with Gasteiger partial charge in [0.25, 0.3) is 0 Å². The maximum Gasteiger partial charge on any atom is 0.337 e. The van der Waals surface area contributed by atoms with E-state index < -0.39 is 5.95 Å². The molecule has 0 saturated heterocycles. The molecule has 20 heavy (non-hydrogen) atoms. The fourth-order valence-electron chi connectivity index (χ4n) is 1.51. The smallest absolute Gasteiger partial charge is 0.337 e. The van der Waals surface area contributed by atoms with Crippen LogP contribution in [-0.4, -0.2) is 14.6 Å². The van der Waals surface area contributed by atoms with Crippen LogP contribution in [-0.2, 0) is 5.41 Å². The first-order valence-corrected chi connectivity index (χ1v) is 6.59. The van der Waals surface area contributed by atoms with Gasteiger partial charge in [-0.3, -0.25) is 0 Å². The highest BCUT2D eigenvalue weighted by atomic mass is 32.1. The molecule has 0 spiro atoms. The van der Waals surface area contributed by atoms with E-state index >= 15 is 0 Å². The van der Waals surface area contributed by atoms with Crippen LogP contribution in [0.25, 0.3) is 0 Å². The second-order valence-electron chi connectivity index (χ2n) is 5.19. The summed E-state index contributed by atoms with van der Waals surface area (Å²) in [5.74, 6) is -0.390. The maximum absolute atomic E-state index is 9.64. The summed E-state index contributed by atoms with van der Waals surface area (Å²) in [6, 6.07) is 2.03. The van der Waals surface area contributed by atoms with Gasteiger partial charge < -0.3 is 9.63 Å². The molecule has 0 aliphatic heterocycles. The Balaban J connectivity index is 2.43. The molecule has 2 rings (SSSR count). The molecule has 0 fully saturated rings. The Morgan fingerprint density at radius 2 is 2.05 bits per heavy atom. The van der Waals surface area contributed by atoms with Gasteiger partial charge >= 0.3 is 5.95 Å². The van der Waals surface area contributed by atoms with E-state index in [1.54, 1.807) is 6.92 Å². The van der Waals surface area contributed by atoms with Gasteiger partial charge in [0.1, 0.15) is 17.3 Å². The maximum atomic E-state index is 9.64. The van der Waals surface area contributed by atoms with E-state index in [1.165, 1.54) is 0 Å². The van der Waals surface area contributed by atoms with Crippen LogP contribution in [0.15, 0.2) is 14.8 Å². The minimum absolute atomic E-state index is 0.174. The fourth-order valence-corrected chi connectivity index (χ4v) is 2.19. The van der Waals surface area contributed by atoms with Crippen LogP contribution in [0, 0.1) is 18.3 Å². The number of azo groups is 1. The third-order valence-electron chi connectivity index (χ3n) is 2.56. The summed E-state index contributed by atoms with van der Waals surface area (Å²) in [5, 5.41) is 30.8. The molecule has 2 aromatic heterocycles. The van der Waals surface area contributed by atoms with Gasteiger partial charge in [0.2, 0.25) is 0 Å². The van der Waals surface area contributed by atoms with Gasteiger partial charge in [-0.1, -0.05) is 25.9 Å². The number of aromatic hydroxyl groups is 1. The highest BCUT2D eigenvalue weighted by molar-refractivity contribution is 7.10. The summed E-state index contributed by atoms with van der Waals surface area (Å²) >= 11 is 1.08. The Morgan fingerprint density at radius 1 is 1.35 bits per heavy atom. The normalized spacial score (nSPS) is 11.9. The number of hydrogen-bond donors (Lipinski definition) is 1. The third kappa shape index (κ3) is 2.53. The highest BCUT2D eigenvalue weighted by Gasteiger charge is 2.26. The van der Waals surface area contributed by atoms with Gasteiger partial charge in [-0.05, 0) is 18.5 Å². The molecule has 1 N–H and O–H groups in total. The fraction of sp³-hybridized carbons (Fsp3) is 0.417. The molecule has 0 aliphatic carbocycles. The van der Waals surface area contributed by atoms with Crippen LogP contribution >= 0.6 is 11.5 Å². The number of nitriles is 1. The van der Waals surface area contributed by atoms with Crippen LogP contribution in [0.1, 0.15) is 37.7 Å². The molecule has 2 heterocycles. The van der Waals surface area contributed by atoms with Crippen LogP contribution in [0.3, 0.4) is 0 Å². The molecule has 2 aromatic rings. The standard InChI is InChI=1S/C12H13N5O2S/c1-6-7(5-13)10(20-17-6)15-14-8-9(12(2,3)4)16-19-11(8)18/h18H,1-4H3. The minimum Gasteiger partial charge on any atom is -0.478 e. The predicted molar refractivity (Wildman–Crippen MR) is 72.6 cm³/mol. The van der Waals surface area contributed by atoms with Crippen molar-refractivity contribution in [2.75, 3.05) is 0 Å². The Labute approximate surface area is 119 Å². The third-order valence-corrected chi connectivity index (χ3v) is 3.38. The number of rotatable bonds is 2. The summed E-state index contributed by atoms with van der Waals surface area (Å²) in [6.45, 7) is 7.48. The number of hydrogen-bond acceptors (Lipinski definition) is 8. The molecule has 8 heteroatoms. The molecule has 0 bridgehead atoms. The summed E-state index contributed by atoms with van der Waals surface area (Å²) < 4.78 is 8.79. The molecule has 0 amide bonds. The Bertz CT molecular complexity index is 702. The van der Waals surface area contributed by atoms with Gasteiger partial charge in [0.05, 0.1) is 5.69 Å². The molecular formula is C12H13N5O2S. The average Bonchev–Trinajstić information content (AvgIpc) is 2.89. The quantitative estimate of drug-likeness (QED) is 0.848. The van der Waals surface area contributed by atoms with E-state index in [-0.39, 0.29) is 11.1 Å². The van der Waals surface area contributed by atoms with E-state index in [2.05, 4.69) is 19.8 Å². The molecule has 7 nitrogen and oxygen atoms in total. The summed E-state index contributed by atoms with van der Waals surface area (Å²) in [4.78, 5) is 0.